The molecule has 0 aliphatic rings. The number of aliphatic hydroxyl groups is 1. The lowest BCUT2D eigenvalue weighted by Crippen LogP contribution is -2.04. The Kier molecular flexibility index (Phi) is 4.22. The molecule has 0 radical (unpaired) electrons. The molecular formula is C15H17FO2S. The fourth-order valence-corrected chi connectivity index (χ4v) is 3.15. The number of aryl methyl sites for hydroxylation is 2. The van der Waals surface area contributed by atoms with Crippen LogP contribution in [0.25, 0.3) is 0 Å². The van der Waals surface area contributed by atoms with Gasteiger partial charge in [0.05, 0.1) is 13.2 Å². The van der Waals surface area contributed by atoms with E-state index in [1.807, 2.05) is 19.9 Å². The van der Waals surface area contributed by atoms with Crippen LogP contribution in [0.15, 0.2) is 24.3 Å². The summed E-state index contributed by atoms with van der Waals surface area (Å²) in [4.78, 5) is 2.23. The maximum Gasteiger partial charge on any atom is 0.168 e. The van der Waals surface area contributed by atoms with Gasteiger partial charge in [-0.25, -0.2) is 4.39 Å². The largest absolute Gasteiger partial charge is 0.494 e. The van der Waals surface area contributed by atoms with Crippen molar-refractivity contribution in [3.8, 4) is 5.75 Å². The second-order valence-electron chi connectivity index (χ2n) is 4.52. The molecule has 0 spiro atoms. The van der Waals surface area contributed by atoms with E-state index in [0.717, 1.165) is 15.3 Å². The van der Waals surface area contributed by atoms with Crippen molar-refractivity contribution in [1.29, 1.82) is 0 Å². The molecule has 1 aromatic carbocycles. The number of thiophene rings is 1. The van der Waals surface area contributed by atoms with Crippen LogP contribution in [0.5, 0.6) is 5.75 Å². The second kappa shape index (κ2) is 5.72. The molecule has 0 saturated heterocycles. The lowest BCUT2D eigenvalue weighted by molar-refractivity contribution is 0.176. The van der Waals surface area contributed by atoms with E-state index >= 15 is 0 Å². The van der Waals surface area contributed by atoms with Crippen LogP contribution >= 0.6 is 11.3 Å². The Morgan fingerprint density at radius 2 is 2.11 bits per heavy atom. The van der Waals surface area contributed by atoms with Gasteiger partial charge < -0.3 is 9.84 Å². The number of rotatable bonds is 4. The van der Waals surface area contributed by atoms with Gasteiger partial charge >= 0.3 is 0 Å². The summed E-state index contributed by atoms with van der Waals surface area (Å²) < 4.78 is 19.0. The number of hydrogen-bond donors (Lipinski definition) is 1. The van der Waals surface area contributed by atoms with Crippen LogP contribution in [0.1, 0.15) is 27.0 Å². The highest BCUT2D eigenvalue weighted by molar-refractivity contribution is 7.12. The van der Waals surface area contributed by atoms with Crippen LogP contribution in [0, 0.1) is 19.7 Å². The van der Waals surface area contributed by atoms with Crippen LogP contribution in [-0.2, 0) is 6.42 Å². The van der Waals surface area contributed by atoms with Crippen molar-refractivity contribution in [2.75, 3.05) is 7.11 Å². The summed E-state index contributed by atoms with van der Waals surface area (Å²) in [6.07, 6.45) is -0.438. The highest BCUT2D eigenvalue weighted by Gasteiger charge is 2.17. The van der Waals surface area contributed by atoms with Crippen LogP contribution in [-0.4, -0.2) is 12.2 Å². The first-order chi connectivity index (χ1) is 9.02. The van der Waals surface area contributed by atoms with E-state index in [-0.39, 0.29) is 12.2 Å². The fourth-order valence-electron chi connectivity index (χ4n) is 2.17. The number of halogens is 1. The molecule has 0 aliphatic heterocycles. The van der Waals surface area contributed by atoms with E-state index in [2.05, 4.69) is 0 Å². The molecule has 4 heteroatoms. The minimum atomic E-state index is -0.688. The molecule has 2 rings (SSSR count). The van der Waals surface area contributed by atoms with E-state index in [4.69, 9.17) is 4.74 Å². The Labute approximate surface area is 116 Å². The smallest absolute Gasteiger partial charge is 0.168 e. The van der Waals surface area contributed by atoms with E-state index in [9.17, 15) is 9.50 Å². The number of hydrogen-bond acceptors (Lipinski definition) is 3. The maximum atomic E-state index is 14.0. The lowest BCUT2D eigenvalue weighted by atomic mass is 10.0. The molecule has 19 heavy (non-hydrogen) atoms. The van der Waals surface area contributed by atoms with Gasteiger partial charge in [0.1, 0.15) is 0 Å². The highest BCUT2D eigenvalue weighted by Crippen LogP contribution is 2.30. The zero-order chi connectivity index (χ0) is 14.0. The zero-order valence-corrected chi connectivity index (χ0v) is 12.1. The summed E-state index contributed by atoms with van der Waals surface area (Å²) >= 11 is 1.64. The summed E-state index contributed by atoms with van der Waals surface area (Å²) in [5.74, 6) is -0.184. The fraction of sp³-hybridized carbons (Fsp3) is 0.333. The number of ether oxygens (including phenoxy) is 1. The van der Waals surface area contributed by atoms with Crippen molar-refractivity contribution < 1.29 is 14.2 Å². The predicted octanol–water partition coefficient (Wildman–Crippen LogP) is 3.79. The van der Waals surface area contributed by atoms with Crippen molar-refractivity contribution in [3.63, 3.8) is 0 Å². The molecule has 1 unspecified atom stereocenters. The SMILES string of the molecule is COc1cccc(CC(O)c2cc(C)sc2C)c1F. The standard InChI is InChI=1S/C15H17FO2S/c1-9-7-12(10(2)19-9)13(17)8-11-5-4-6-14(18-3)15(11)16/h4-7,13,17H,8H2,1-3H3. The summed E-state index contributed by atoms with van der Waals surface area (Å²) in [5.41, 5.74) is 1.35. The van der Waals surface area contributed by atoms with Gasteiger partial charge in [-0.3, -0.25) is 0 Å². The van der Waals surface area contributed by atoms with Gasteiger partial charge in [-0.1, -0.05) is 12.1 Å². The monoisotopic (exact) mass is 280 g/mol. The first kappa shape index (κ1) is 14.0. The second-order valence-corrected chi connectivity index (χ2v) is 5.98. The minimum absolute atomic E-state index is 0.211. The first-order valence-corrected chi connectivity index (χ1v) is 6.91. The van der Waals surface area contributed by atoms with Gasteiger partial charge in [-0.15, -0.1) is 11.3 Å². The molecular weight excluding hydrogens is 263 g/mol. The van der Waals surface area contributed by atoms with Gasteiger partial charge in [0.25, 0.3) is 0 Å². The minimum Gasteiger partial charge on any atom is -0.494 e. The number of methoxy groups -OCH3 is 1. The molecule has 0 amide bonds. The Morgan fingerprint density at radius 1 is 1.37 bits per heavy atom. The summed E-state index contributed by atoms with van der Waals surface area (Å²) in [6, 6.07) is 6.94. The highest BCUT2D eigenvalue weighted by atomic mass is 32.1. The Bertz CT molecular complexity index is 578. The van der Waals surface area contributed by atoms with Crippen LogP contribution in [0.2, 0.25) is 0 Å². The molecule has 0 saturated carbocycles. The third-order valence-corrected chi connectivity index (χ3v) is 4.10. The maximum absolute atomic E-state index is 14.0. The Morgan fingerprint density at radius 3 is 2.68 bits per heavy atom. The first-order valence-electron chi connectivity index (χ1n) is 6.09. The lowest BCUT2D eigenvalue weighted by Gasteiger charge is -2.12. The van der Waals surface area contributed by atoms with Crippen molar-refractivity contribution in [2.24, 2.45) is 0 Å². The quantitative estimate of drug-likeness (QED) is 0.923. The van der Waals surface area contributed by atoms with Gasteiger partial charge in [0.15, 0.2) is 11.6 Å². The number of aliphatic hydroxyl groups excluding tert-OH is 1. The van der Waals surface area contributed by atoms with Crippen LogP contribution in [0.3, 0.4) is 0 Å². The predicted molar refractivity (Wildman–Crippen MR) is 75.4 cm³/mol. The molecule has 0 bridgehead atoms. The molecule has 1 N–H and O–H groups in total. The van der Waals surface area contributed by atoms with Crippen molar-refractivity contribution >= 4 is 11.3 Å². The third kappa shape index (κ3) is 2.96. The average molecular weight is 280 g/mol. The third-order valence-electron chi connectivity index (χ3n) is 3.11. The van der Waals surface area contributed by atoms with Crippen molar-refractivity contribution in [2.45, 2.75) is 26.4 Å². The van der Waals surface area contributed by atoms with E-state index in [0.29, 0.717) is 5.56 Å². The zero-order valence-electron chi connectivity index (χ0n) is 11.2. The van der Waals surface area contributed by atoms with E-state index < -0.39 is 11.9 Å². The molecule has 1 atom stereocenters. The van der Waals surface area contributed by atoms with Gasteiger partial charge in [0, 0.05) is 16.2 Å². The molecule has 2 nitrogen and oxygen atoms in total. The van der Waals surface area contributed by atoms with E-state index in [1.54, 1.807) is 29.5 Å². The average Bonchev–Trinajstić information content (AvgIpc) is 2.71. The molecule has 1 aromatic heterocycles. The van der Waals surface area contributed by atoms with Crippen molar-refractivity contribution in [1.82, 2.24) is 0 Å². The van der Waals surface area contributed by atoms with E-state index in [1.165, 1.54) is 7.11 Å². The molecule has 0 fully saturated rings. The molecule has 2 aromatic rings. The van der Waals surface area contributed by atoms with Crippen LogP contribution in [0.4, 0.5) is 4.39 Å². The Hall–Kier alpha value is -1.39. The summed E-state index contributed by atoms with van der Waals surface area (Å²) in [5, 5.41) is 10.3. The van der Waals surface area contributed by atoms with Gasteiger partial charge in [-0.2, -0.15) is 0 Å². The topological polar surface area (TPSA) is 29.5 Å². The molecule has 0 aliphatic carbocycles. The van der Waals surface area contributed by atoms with Gasteiger partial charge in [0.2, 0.25) is 0 Å². The van der Waals surface area contributed by atoms with Crippen molar-refractivity contribution in [3.05, 3.63) is 51.0 Å². The van der Waals surface area contributed by atoms with Gasteiger partial charge in [-0.05, 0) is 37.1 Å². The Balaban J connectivity index is 2.24. The van der Waals surface area contributed by atoms with Crippen LogP contribution < -0.4 is 4.74 Å². The normalized spacial score (nSPS) is 12.5. The molecule has 1 heterocycles. The number of benzene rings is 1. The molecule has 102 valence electrons. The summed E-state index contributed by atoms with van der Waals surface area (Å²) in [6.45, 7) is 3.97. The summed E-state index contributed by atoms with van der Waals surface area (Å²) in [7, 11) is 1.44.